The van der Waals surface area contributed by atoms with E-state index in [0.29, 0.717) is 5.92 Å². The summed E-state index contributed by atoms with van der Waals surface area (Å²) in [5, 5.41) is 3.43. The van der Waals surface area contributed by atoms with Crippen LogP contribution in [0.5, 0.6) is 0 Å². The predicted octanol–water partition coefficient (Wildman–Crippen LogP) is 1.44. The Balaban J connectivity index is 1.97. The van der Waals surface area contributed by atoms with E-state index >= 15 is 0 Å². The van der Waals surface area contributed by atoms with Crippen molar-refractivity contribution in [3.8, 4) is 0 Å². The normalized spacial score (nSPS) is 21.4. The van der Waals surface area contributed by atoms with Gasteiger partial charge in [-0.15, -0.1) is 0 Å². The van der Waals surface area contributed by atoms with E-state index in [9.17, 15) is 0 Å². The van der Waals surface area contributed by atoms with Gasteiger partial charge in [-0.05, 0) is 36.9 Å². The van der Waals surface area contributed by atoms with Gasteiger partial charge in [0.05, 0.1) is 6.33 Å². The van der Waals surface area contributed by atoms with Crippen molar-refractivity contribution in [2.24, 2.45) is 7.05 Å². The van der Waals surface area contributed by atoms with E-state index in [1.165, 1.54) is 18.4 Å². The molecule has 0 amide bonds. The van der Waals surface area contributed by atoms with Gasteiger partial charge in [0.2, 0.25) is 0 Å². The molecule has 1 saturated heterocycles. The number of imidazole rings is 1. The van der Waals surface area contributed by atoms with Crippen LogP contribution in [0.3, 0.4) is 0 Å². The number of fused-ring (bicyclic) bond motifs is 1. The summed E-state index contributed by atoms with van der Waals surface area (Å²) in [6.07, 6.45) is 6.33. The first-order valence-corrected chi connectivity index (χ1v) is 5.82. The number of aryl methyl sites for hydroxylation is 1. The lowest BCUT2D eigenvalue weighted by molar-refractivity contribution is 0.461. The summed E-state index contributed by atoms with van der Waals surface area (Å²) in [4.78, 5) is 8.84. The lowest BCUT2D eigenvalue weighted by Crippen LogP contribution is -2.28. The van der Waals surface area contributed by atoms with Gasteiger partial charge in [0.15, 0.2) is 5.65 Å². The molecule has 4 heteroatoms. The Morgan fingerprint density at radius 3 is 3.19 bits per heavy atom. The Kier molecular flexibility index (Phi) is 2.36. The second kappa shape index (κ2) is 3.87. The molecule has 16 heavy (non-hydrogen) atoms. The minimum atomic E-state index is 0.604. The van der Waals surface area contributed by atoms with Gasteiger partial charge in [-0.3, -0.25) is 0 Å². The number of pyridine rings is 1. The Bertz CT molecular complexity index is 497. The van der Waals surface area contributed by atoms with Crippen molar-refractivity contribution in [2.45, 2.75) is 18.8 Å². The van der Waals surface area contributed by atoms with Crippen LogP contribution in [0.1, 0.15) is 24.3 Å². The number of piperidine rings is 1. The summed E-state index contributed by atoms with van der Waals surface area (Å²) < 4.78 is 1.96. The smallest absolute Gasteiger partial charge is 0.159 e. The van der Waals surface area contributed by atoms with Crippen LogP contribution in [0.4, 0.5) is 0 Å². The maximum absolute atomic E-state index is 4.49. The number of rotatable bonds is 1. The van der Waals surface area contributed by atoms with Crippen LogP contribution in [0.2, 0.25) is 0 Å². The molecule has 0 aliphatic carbocycles. The predicted molar refractivity (Wildman–Crippen MR) is 63.4 cm³/mol. The van der Waals surface area contributed by atoms with Gasteiger partial charge in [0, 0.05) is 19.8 Å². The average Bonchev–Trinajstić information content (AvgIpc) is 2.72. The molecule has 0 bridgehead atoms. The van der Waals surface area contributed by atoms with Crippen molar-refractivity contribution in [2.75, 3.05) is 13.1 Å². The highest BCUT2D eigenvalue weighted by Gasteiger charge is 2.16. The van der Waals surface area contributed by atoms with Gasteiger partial charge in [-0.2, -0.15) is 0 Å². The fourth-order valence-electron chi connectivity index (χ4n) is 2.39. The van der Waals surface area contributed by atoms with E-state index in [4.69, 9.17) is 0 Å². The van der Waals surface area contributed by atoms with Crippen molar-refractivity contribution in [3.63, 3.8) is 0 Å². The second-order valence-electron chi connectivity index (χ2n) is 4.51. The molecule has 1 aliphatic rings. The third-order valence-electron chi connectivity index (χ3n) is 3.34. The summed E-state index contributed by atoms with van der Waals surface area (Å²) in [5.41, 5.74) is 3.29. The van der Waals surface area contributed by atoms with Crippen LogP contribution in [0, 0.1) is 0 Å². The Morgan fingerprint density at radius 2 is 2.38 bits per heavy atom. The van der Waals surface area contributed by atoms with Crippen LogP contribution in [-0.2, 0) is 7.05 Å². The zero-order valence-electron chi connectivity index (χ0n) is 9.48. The first kappa shape index (κ1) is 9.78. The molecule has 1 aliphatic heterocycles. The van der Waals surface area contributed by atoms with Gasteiger partial charge in [0.25, 0.3) is 0 Å². The molecule has 4 nitrogen and oxygen atoms in total. The molecular weight excluding hydrogens is 200 g/mol. The minimum absolute atomic E-state index is 0.604. The van der Waals surface area contributed by atoms with Gasteiger partial charge in [0.1, 0.15) is 5.52 Å². The third-order valence-corrected chi connectivity index (χ3v) is 3.34. The van der Waals surface area contributed by atoms with Crippen molar-refractivity contribution in [3.05, 3.63) is 24.2 Å². The SMILES string of the molecule is Cn1cnc2cc(C3CCCNC3)cnc21. The van der Waals surface area contributed by atoms with Gasteiger partial charge < -0.3 is 9.88 Å². The summed E-state index contributed by atoms with van der Waals surface area (Å²) in [5.74, 6) is 0.604. The first-order valence-electron chi connectivity index (χ1n) is 5.82. The van der Waals surface area contributed by atoms with Crippen LogP contribution in [-0.4, -0.2) is 27.6 Å². The van der Waals surface area contributed by atoms with Crippen molar-refractivity contribution in [1.29, 1.82) is 0 Å². The van der Waals surface area contributed by atoms with Crippen LogP contribution in [0.25, 0.3) is 11.2 Å². The van der Waals surface area contributed by atoms with Crippen LogP contribution in [0.15, 0.2) is 18.6 Å². The maximum atomic E-state index is 4.49. The standard InChI is InChI=1S/C12H16N4/c1-16-8-15-11-5-10(7-14-12(11)16)9-3-2-4-13-6-9/h5,7-9,13H,2-4,6H2,1H3. The molecule has 1 N–H and O–H groups in total. The fraction of sp³-hybridized carbons (Fsp3) is 0.500. The minimum Gasteiger partial charge on any atom is -0.318 e. The number of hydrogen-bond donors (Lipinski definition) is 1. The van der Waals surface area contributed by atoms with Crippen LogP contribution >= 0.6 is 0 Å². The van der Waals surface area contributed by atoms with Gasteiger partial charge >= 0.3 is 0 Å². The summed E-state index contributed by atoms with van der Waals surface area (Å²) >= 11 is 0. The molecule has 0 saturated carbocycles. The third kappa shape index (κ3) is 1.59. The topological polar surface area (TPSA) is 42.7 Å². The van der Waals surface area contributed by atoms with E-state index in [-0.39, 0.29) is 0 Å². The Hall–Kier alpha value is -1.42. The monoisotopic (exact) mass is 216 g/mol. The molecule has 3 rings (SSSR count). The largest absolute Gasteiger partial charge is 0.318 e. The Morgan fingerprint density at radius 1 is 1.44 bits per heavy atom. The molecule has 1 atom stereocenters. The van der Waals surface area contributed by atoms with Gasteiger partial charge in [-0.1, -0.05) is 0 Å². The molecule has 0 radical (unpaired) electrons. The highest BCUT2D eigenvalue weighted by atomic mass is 15.1. The first-order chi connectivity index (χ1) is 7.84. The number of hydrogen-bond acceptors (Lipinski definition) is 3. The molecule has 3 heterocycles. The van der Waals surface area contributed by atoms with E-state index in [1.54, 1.807) is 0 Å². The number of nitrogens with one attached hydrogen (secondary N) is 1. The average molecular weight is 216 g/mol. The zero-order chi connectivity index (χ0) is 11.0. The molecule has 0 aromatic carbocycles. The number of nitrogens with zero attached hydrogens (tertiary/aromatic N) is 3. The molecule has 2 aromatic heterocycles. The molecular formula is C12H16N4. The van der Waals surface area contributed by atoms with E-state index in [0.717, 1.165) is 24.3 Å². The van der Waals surface area contributed by atoms with Crippen molar-refractivity contribution in [1.82, 2.24) is 19.9 Å². The summed E-state index contributed by atoms with van der Waals surface area (Å²) in [6.45, 7) is 2.22. The van der Waals surface area contributed by atoms with E-state index in [2.05, 4.69) is 21.4 Å². The molecule has 1 fully saturated rings. The second-order valence-corrected chi connectivity index (χ2v) is 4.51. The summed E-state index contributed by atoms with van der Waals surface area (Å²) in [7, 11) is 1.98. The van der Waals surface area contributed by atoms with E-state index in [1.807, 2.05) is 24.1 Å². The fourth-order valence-corrected chi connectivity index (χ4v) is 2.39. The molecule has 84 valence electrons. The molecule has 0 spiro atoms. The highest BCUT2D eigenvalue weighted by molar-refractivity contribution is 5.71. The van der Waals surface area contributed by atoms with Crippen molar-refractivity contribution < 1.29 is 0 Å². The van der Waals surface area contributed by atoms with E-state index < -0.39 is 0 Å². The Labute approximate surface area is 94.7 Å². The van der Waals surface area contributed by atoms with Crippen molar-refractivity contribution >= 4 is 11.2 Å². The molecule has 1 unspecified atom stereocenters. The zero-order valence-corrected chi connectivity index (χ0v) is 9.48. The maximum Gasteiger partial charge on any atom is 0.159 e. The highest BCUT2D eigenvalue weighted by Crippen LogP contribution is 2.24. The quantitative estimate of drug-likeness (QED) is 0.784. The van der Waals surface area contributed by atoms with Gasteiger partial charge in [-0.25, -0.2) is 9.97 Å². The summed E-state index contributed by atoms with van der Waals surface area (Å²) in [6, 6.07) is 2.18. The molecule has 2 aromatic rings. The lowest BCUT2D eigenvalue weighted by Gasteiger charge is -2.22. The number of aromatic nitrogens is 3. The van der Waals surface area contributed by atoms with Crippen LogP contribution < -0.4 is 5.32 Å². The lowest BCUT2D eigenvalue weighted by atomic mass is 9.93.